The van der Waals surface area contributed by atoms with E-state index in [0.29, 0.717) is 26.3 Å². The van der Waals surface area contributed by atoms with Gasteiger partial charge in [0.2, 0.25) is 5.91 Å². The second kappa shape index (κ2) is 6.98. The minimum atomic E-state index is 0.0997. The number of morpholine rings is 1. The van der Waals surface area contributed by atoms with Crippen molar-refractivity contribution in [3.8, 4) is 11.4 Å². The van der Waals surface area contributed by atoms with Gasteiger partial charge in [-0.05, 0) is 24.3 Å². The molecular formula is C19H18BrN3O2. The number of hydrogen-bond acceptors (Lipinski definition) is 3. The molecule has 1 aromatic heterocycles. The van der Waals surface area contributed by atoms with Crippen molar-refractivity contribution >= 4 is 32.9 Å². The third-order valence-corrected chi connectivity index (χ3v) is 4.89. The number of amides is 1. The summed E-state index contributed by atoms with van der Waals surface area (Å²) in [7, 11) is 0. The van der Waals surface area contributed by atoms with Gasteiger partial charge in [0.1, 0.15) is 12.4 Å². The summed E-state index contributed by atoms with van der Waals surface area (Å²) < 4.78 is 8.34. The first-order valence-electron chi connectivity index (χ1n) is 8.29. The molecule has 2 aromatic carbocycles. The van der Waals surface area contributed by atoms with Crippen LogP contribution in [0.2, 0.25) is 0 Å². The summed E-state index contributed by atoms with van der Waals surface area (Å²) in [6.07, 6.45) is 0. The van der Waals surface area contributed by atoms with Crippen LogP contribution in [0.1, 0.15) is 0 Å². The topological polar surface area (TPSA) is 47.4 Å². The van der Waals surface area contributed by atoms with E-state index < -0.39 is 0 Å². The Balaban J connectivity index is 1.75. The van der Waals surface area contributed by atoms with Crippen molar-refractivity contribution in [2.45, 2.75) is 6.54 Å². The summed E-state index contributed by atoms with van der Waals surface area (Å²) in [5, 5.41) is 0. The Morgan fingerprint density at radius 3 is 2.72 bits per heavy atom. The molecule has 3 aromatic rings. The van der Waals surface area contributed by atoms with Crippen LogP contribution in [0.3, 0.4) is 0 Å². The second-order valence-corrected chi connectivity index (χ2v) is 6.93. The van der Waals surface area contributed by atoms with Crippen molar-refractivity contribution in [1.29, 1.82) is 0 Å². The van der Waals surface area contributed by atoms with E-state index >= 15 is 0 Å². The van der Waals surface area contributed by atoms with Crippen LogP contribution >= 0.6 is 15.9 Å². The highest BCUT2D eigenvalue weighted by Crippen LogP contribution is 2.27. The summed E-state index contributed by atoms with van der Waals surface area (Å²) in [5.74, 6) is 0.909. The molecule has 6 heteroatoms. The van der Waals surface area contributed by atoms with Crippen LogP contribution < -0.4 is 0 Å². The molecule has 0 radical (unpaired) electrons. The number of imidazole rings is 1. The first kappa shape index (κ1) is 16.3. The maximum atomic E-state index is 12.8. The molecule has 1 fully saturated rings. The van der Waals surface area contributed by atoms with E-state index in [4.69, 9.17) is 9.72 Å². The molecule has 25 heavy (non-hydrogen) atoms. The van der Waals surface area contributed by atoms with Gasteiger partial charge in [-0.25, -0.2) is 4.98 Å². The van der Waals surface area contributed by atoms with Gasteiger partial charge in [0.25, 0.3) is 0 Å². The van der Waals surface area contributed by atoms with Gasteiger partial charge in [0.05, 0.1) is 24.2 Å². The van der Waals surface area contributed by atoms with Gasteiger partial charge in [-0.3, -0.25) is 4.79 Å². The molecule has 128 valence electrons. The van der Waals surface area contributed by atoms with Gasteiger partial charge in [-0.1, -0.05) is 40.2 Å². The number of para-hydroxylation sites is 2. The zero-order valence-electron chi connectivity index (χ0n) is 13.7. The van der Waals surface area contributed by atoms with E-state index in [-0.39, 0.29) is 12.5 Å². The van der Waals surface area contributed by atoms with E-state index in [1.54, 1.807) is 0 Å². The lowest BCUT2D eigenvalue weighted by Crippen LogP contribution is -2.42. The predicted molar refractivity (Wildman–Crippen MR) is 100 cm³/mol. The van der Waals surface area contributed by atoms with E-state index in [9.17, 15) is 4.79 Å². The number of benzene rings is 2. The summed E-state index contributed by atoms with van der Waals surface area (Å²) in [4.78, 5) is 19.4. The van der Waals surface area contributed by atoms with Gasteiger partial charge in [-0.2, -0.15) is 0 Å². The summed E-state index contributed by atoms with van der Waals surface area (Å²) in [6, 6.07) is 15.9. The molecule has 0 unspecified atom stereocenters. The monoisotopic (exact) mass is 399 g/mol. The van der Waals surface area contributed by atoms with Crippen LogP contribution in [0.25, 0.3) is 22.4 Å². The minimum absolute atomic E-state index is 0.0997. The fraction of sp³-hybridized carbons (Fsp3) is 0.263. The van der Waals surface area contributed by atoms with Crippen LogP contribution in [-0.2, 0) is 16.1 Å². The van der Waals surface area contributed by atoms with Crippen LogP contribution in [-0.4, -0.2) is 46.7 Å². The van der Waals surface area contributed by atoms with Crippen molar-refractivity contribution in [2.75, 3.05) is 26.3 Å². The molecule has 1 amide bonds. The number of fused-ring (bicyclic) bond motifs is 1. The third kappa shape index (κ3) is 3.32. The number of carbonyl (C=O) groups is 1. The average molecular weight is 400 g/mol. The molecular weight excluding hydrogens is 382 g/mol. The largest absolute Gasteiger partial charge is 0.378 e. The number of carbonyl (C=O) groups excluding carboxylic acids is 1. The molecule has 1 aliphatic rings. The lowest BCUT2D eigenvalue weighted by atomic mass is 10.2. The summed E-state index contributed by atoms with van der Waals surface area (Å²) in [6.45, 7) is 2.79. The van der Waals surface area contributed by atoms with E-state index in [0.717, 1.165) is 26.9 Å². The smallest absolute Gasteiger partial charge is 0.242 e. The Morgan fingerprint density at radius 2 is 1.92 bits per heavy atom. The summed E-state index contributed by atoms with van der Waals surface area (Å²) in [5.41, 5.74) is 2.85. The number of ether oxygens (including phenoxy) is 1. The molecule has 4 rings (SSSR count). The zero-order valence-corrected chi connectivity index (χ0v) is 15.3. The SMILES string of the molecule is O=C(Cn1c(-c2cccc(Br)c2)nc2ccccc21)N1CCOCC1. The van der Waals surface area contributed by atoms with Gasteiger partial charge in [0, 0.05) is 23.1 Å². The number of aromatic nitrogens is 2. The molecule has 0 aliphatic carbocycles. The highest BCUT2D eigenvalue weighted by Gasteiger charge is 2.20. The Bertz CT molecular complexity index is 916. The highest BCUT2D eigenvalue weighted by molar-refractivity contribution is 9.10. The van der Waals surface area contributed by atoms with Gasteiger partial charge >= 0.3 is 0 Å². The van der Waals surface area contributed by atoms with Crippen LogP contribution in [0.15, 0.2) is 53.0 Å². The number of rotatable bonds is 3. The molecule has 0 spiro atoms. The van der Waals surface area contributed by atoms with Crippen molar-refractivity contribution < 1.29 is 9.53 Å². The lowest BCUT2D eigenvalue weighted by molar-refractivity contribution is -0.135. The van der Waals surface area contributed by atoms with Crippen LogP contribution in [0.4, 0.5) is 0 Å². The van der Waals surface area contributed by atoms with E-state index in [1.807, 2.05) is 58.0 Å². The Labute approximate surface area is 154 Å². The molecule has 2 heterocycles. The van der Waals surface area contributed by atoms with E-state index in [1.165, 1.54) is 0 Å². The lowest BCUT2D eigenvalue weighted by Gasteiger charge is -2.27. The van der Waals surface area contributed by atoms with E-state index in [2.05, 4.69) is 15.9 Å². The Kier molecular flexibility index (Phi) is 4.55. The Morgan fingerprint density at radius 1 is 1.12 bits per heavy atom. The maximum absolute atomic E-state index is 12.8. The molecule has 0 saturated carbocycles. The van der Waals surface area contributed by atoms with Gasteiger partial charge in [0.15, 0.2) is 0 Å². The van der Waals surface area contributed by atoms with Crippen molar-refractivity contribution in [3.63, 3.8) is 0 Å². The molecule has 1 saturated heterocycles. The fourth-order valence-electron chi connectivity index (χ4n) is 3.13. The first-order chi connectivity index (χ1) is 12.2. The average Bonchev–Trinajstić information content (AvgIpc) is 3.01. The standard InChI is InChI=1S/C19H18BrN3O2/c20-15-5-3-4-14(12-15)19-21-16-6-1-2-7-17(16)23(19)13-18(24)22-8-10-25-11-9-22/h1-7,12H,8-11,13H2. The normalized spacial score (nSPS) is 14.8. The number of halogens is 1. The van der Waals surface area contributed by atoms with Crippen molar-refractivity contribution in [1.82, 2.24) is 14.5 Å². The minimum Gasteiger partial charge on any atom is -0.378 e. The molecule has 0 bridgehead atoms. The maximum Gasteiger partial charge on any atom is 0.242 e. The molecule has 0 N–H and O–H groups in total. The van der Waals surface area contributed by atoms with Crippen molar-refractivity contribution in [2.24, 2.45) is 0 Å². The predicted octanol–water partition coefficient (Wildman–Crippen LogP) is 3.32. The van der Waals surface area contributed by atoms with Gasteiger partial charge < -0.3 is 14.2 Å². The van der Waals surface area contributed by atoms with Crippen molar-refractivity contribution in [3.05, 3.63) is 53.0 Å². The first-order valence-corrected chi connectivity index (χ1v) is 9.08. The van der Waals surface area contributed by atoms with Gasteiger partial charge in [-0.15, -0.1) is 0 Å². The number of hydrogen-bond donors (Lipinski definition) is 0. The second-order valence-electron chi connectivity index (χ2n) is 6.01. The zero-order chi connectivity index (χ0) is 17.2. The molecule has 0 atom stereocenters. The summed E-state index contributed by atoms with van der Waals surface area (Å²) >= 11 is 3.52. The molecule has 1 aliphatic heterocycles. The highest BCUT2D eigenvalue weighted by atomic mass is 79.9. The Hall–Kier alpha value is -2.18. The fourth-order valence-corrected chi connectivity index (χ4v) is 3.53. The molecule has 5 nitrogen and oxygen atoms in total. The third-order valence-electron chi connectivity index (χ3n) is 4.39. The van der Waals surface area contributed by atoms with Crippen LogP contribution in [0, 0.1) is 0 Å². The quantitative estimate of drug-likeness (QED) is 0.678. The van der Waals surface area contributed by atoms with Crippen LogP contribution in [0.5, 0.6) is 0 Å². The number of nitrogens with zero attached hydrogens (tertiary/aromatic N) is 3.